The predicted molar refractivity (Wildman–Crippen MR) is 113 cm³/mol. The number of ether oxygens (including phenoxy) is 1. The molecule has 0 unspecified atom stereocenters. The number of H-pyrrole nitrogens is 1. The van der Waals surface area contributed by atoms with E-state index in [0.717, 1.165) is 22.6 Å². The summed E-state index contributed by atoms with van der Waals surface area (Å²) in [6.45, 7) is 1.87. The van der Waals surface area contributed by atoms with E-state index in [4.69, 9.17) is 9.15 Å². The Balaban J connectivity index is 1.57. The summed E-state index contributed by atoms with van der Waals surface area (Å²) in [5, 5.41) is 0.539. The molecule has 7 heteroatoms. The largest absolute Gasteiger partial charge is 0.496 e. The van der Waals surface area contributed by atoms with Crippen LogP contribution in [0.5, 0.6) is 5.75 Å². The Morgan fingerprint density at radius 3 is 2.62 bits per heavy atom. The summed E-state index contributed by atoms with van der Waals surface area (Å²) in [7, 11) is 1.62. The summed E-state index contributed by atoms with van der Waals surface area (Å²) >= 11 is 1.41. The minimum absolute atomic E-state index is 0.187. The average Bonchev–Trinajstić information content (AvgIpc) is 3.13. The Morgan fingerprint density at radius 2 is 1.83 bits per heavy atom. The third-order valence-electron chi connectivity index (χ3n) is 4.37. The molecule has 0 bridgehead atoms. The first kappa shape index (κ1) is 19.0. The molecule has 29 heavy (non-hydrogen) atoms. The molecule has 4 aromatic rings. The molecule has 4 rings (SSSR count). The lowest BCUT2D eigenvalue weighted by Gasteiger charge is -2.04. The molecule has 2 heterocycles. The summed E-state index contributed by atoms with van der Waals surface area (Å²) in [4.78, 5) is 24.0. The van der Waals surface area contributed by atoms with Crippen LogP contribution in [0.3, 0.4) is 0 Å². The van der Waals surface area contributed by atoms with Gasteiger partial charge in [0.1, 0.15) is 11.5 Å². The van der Waals surface area contributed by atoms with Gasteiger partial charge in [0.2, 0.25) is 5.89 Å². The van der Waals surface area contributed by atoms with E-state index >= 15 is 0 Å². The summed E-state index contributed by atoms with van der Waals surface area (Å²) in [5.41, 5.74) is 2.95. The first-order valence-electron chi connectivity index (χ1n) is 9.03. The first-order valence-corrected chi connectivity index (χ1v) is 10.0. The number of thioether (sulfide) groups is 1. The number of hydrogen-bond acceptors (Lipinski definition) is 6. The lowest BCUT2D eigenvalue weighted by atomic mass is 10.1. The van der Waals surface area contributed by atoms with Crippen LogP contribution in [0, 0.1) is 6.92 Å². The van der Waals surface area contributed by atoms with Crippen molar-refractivity contribution in [3.63, 3.8) is 0 Å². The molecule has 0 fully saturated rings. The van der Waals surface area contributed by atoms with E-state index < -0.39 is 0 Å². The van der Waals surface area contributed by atoms with E-state index in [1.54, 1.807) is 7.11 Å². The molecular formula is C22H19N3O3S. The molecule has 146 valence electrons. The van der Waals surface area contributed by atoms with Crippen LogP contribution >= 0.6 is 11.8 Å². The second-order valence-corrected chi connectivity index (χ2v) is 7.28. The Labute approximate surface area is 172 Å². The van der Waals surface area contributed by atoms with Gasteiger partial charge in [-0.2, -0.15) is 0 Å². The van der Waals surface area contributed by atoms with Gasteiger partial charge in [-0.15, -0.1) is 0 Å². The van der Waals surface area contributed by atoms with Gasteiger partial charge in [-0.25, -0.2) is 9.97 Å². The molecule has 2 aromatic heterocycles. The van der Waals surface area contributed by atoms with Crippen LogP contribution in [0.15, 0.2) is 75.0 Å². The van der Waals surface area contributed by atoms with E-state index in [1.165, 1.54) is 17.8 Å². The van der Waals surface area contributed by atoms with Crippen LogP contribution in [-0.4, -0.2) is 22.1 Å². The van der Waals surface area contributed by atoms with E-state index in [2.05, 4.69) is 15.0 Å². The minimum Gasteiger partial charge on any atom is -0.496 e. The van der Waals surface area contributed by atoms with Crippen LogP contribution in [0.25, 0.3) is 22.7 Å². The Bertz CT molecular complexity index is 1190. The van der Waals surface area contributed by atoms with E-state index in [-0.39, 0.29) is 5.56 Å². The topological polar surface area (TPSA) is 81.0 Å². The number of aromatic amines is 1. The standard InChI is InChI=1S/C22H19N3O3S/c1-14-18(23-21(28-14)16-10-6-7-11-19(16)27-2)13-29-22-24-17(12-20(26)25-22)15-8-4-3-5-9-15/h3-12H,13H2,1-2H3,(H,24,25,26). The fraction of sp³-hybridized carbons (Fsp3) is 0.136. The highest BCUT2D eigenvalue weighted by atomic mass is 32.2. The predicted octanol–water partition coefficient (Wildman–Crippen LogP) is 4.70. The second kappa shape index (κ2) is 8.36. The summed E-state index contributed by atoms with van der Waals surface area (Å²) in [6, 6.07) is 18.7. The van der Waals surface area contributed by atoms with E-state index in [0.29, 0.717) is 28.2 Å². The van der Waals surface area contributed by atoms with Crippen molar-refractivity contribution in [1.82, 2.24) is 15.0 Å². The van der Waals surface area contributed by atoms with Gasteiger partial charge in [0.05, 0.1) is 24.1 Å². The Morgan fingerprint density at radius 1 is 1.07 bits per heavy atom. The number of methoxy groups -OCH3 is 1. The summed E-state index contributed by atoms with van der Waals surface area (Å²) in [5.74, 6) is 2.45. The van der Waals surface area contributed by atoms with Gasteiger partial charge in [0.15, 0.2) is 5.16 Å². The fourth-order valence-corrected chi connectivity index (χ4v) is 3.77. The zero-order valence-corrected chi connectivity index (χ0v) is 16.8. The zero-order chi connectivity index (χ0) is 20.2. The molecule has 2 aromatic carbocycles. The molecule has 0 saturated heterocycles. The normalized spacial score (nSPS) is 10.8. The van der Waals surface area contributed by atoms with Crippen molar-refractivity contribution in [3.8, 4) is 28.5 Å². The number of nitrogens with one attached hydrogen (secondary N) is 1. The number of aryl methyl sites for hydroxylation is 1. The molecule has 0 saturated carbocycles. The van der Waals surface area contributed by atoms with Crippen LogP contribution in [0.4, 0.5) is 0 Å². The van der Waals surface area contributed by atoms with Crippen molar-refractivity contribution in [1.29, 1.82) is 0 Å². The number of hydrogen-bond donors (Lipinski definition) is 1. The van der Waals surface area contributed by atoms with Crippen LogP contribution in [-0.2, 0) is 5.75 Å². The molecule has 1 N–H and O–H groups in total. The van der Waals surface area contributed by atoms with Gasteiger partial charge >= 0.3 is 0 Å². The van der Waals surface area contributed by atoms with Gasteiger partial charge in [-0.05, 0) is 19.1 Å². The summed E-state index contributed by atoms with van der Waals surface area (Å²) < 4.78 is 11.2. The van der Waals surface area contributed by atoms with Gasteiger partial charge in [-0.1, -0.05) is 54.2 Å². The number of nitrogens with zero attached hydrogens (tertiary/aromatic N) is 2. The quantitative estimate of drug-likeness (QED) is 0.370. The number of aromatic nitrogens is 3. The van der Waals surface area contributed by atoms with Gasteiger partial charge in [-0.3, -0.25) is 4.79 Å². The molecule has 0 amide bonds. The van der Waals surface area contributed by atoms with Crippen LogP contribution in [0.1, 0.15) is 11.5 Å². The highest BCUT2D eigenvalue weighted by Gasteiger charge is 2.15. The second-order valence-electron chi connectivity index (χ2n) is 6.31. The third-order valence-corrected chi connectivity index (χ3v) is 5.25. The maximum atomic E-state index is 12.1. The number of rotatable bonds is 6. The maximum absolute atomic E-state index is 12.1. The lowest BCUT2D eigenvalue weighted by molar-refractivity contribution is 0.414. The molecule has 0 aliphatic heterocycles. The monoisotopic (exact) mass is 405 g/mol. The summed E-state index contributed by atoms with van der Waals surface area (Å²) in [6.07, 6.45) is 0. The number of oxazole rings is 1. The third kappa shape index (κ3) is 4.25. The minimum atomic E-state index is -0.187. The first-order chi connectivity index (χ1) is 14.1. The zero-order valence-electron chi connectivity index (χ0n) is 16.0. The maximum Gasteiger partial charge on any atom is 0.252 e. The Kier molecular flexibility index (Phi) is 5.48. The highest BCUT2D eigenvalue weighted by molar-refractivity contribution is 7.98. The van der Waals surface area contributed by atoms with Crippen molar-refractivity contribution in [2.45, 2.75) is 17.8 Å². The van der Waals surface area contributed by atoms with Gasteiger partial charge in [0, 0.05) is 17.4 Å². The van der Waals surface area contributed by atoms with Crippen LogP contribution in [0.2, 0.25) is 0 Å². The smallest absolute Gasteiger partial charge is 0.252 e. The molecule has 0 aliphatic carbocycles. The molecule has 0 atom stereocenters. The van der Waals surface area contributed by atoms with Crippen molar-refractivity contribution < 1.29 is 9.15 Å². The number of para-hydroxylation sites is 1. The van der Waals surface area contributed by atoms with E-state index in [1.807, 2.05) is 61.5 Å². The highest BCUT2D eigenvalue weighted by Crippen LogP contribution is 2.31. The number of benzene rings is 2. The molecule has 0 spiro atoms. The van der Waals surface area contributed by atoms with E-state index in [9.17, 15) is 4.79 Å². The van der Waals surface area contributed by atoms with Crippen molar-refractivity contribution in [2.75, 3.05) is 7.11 Å². The average molecular weight is 405 g/mol. The van der Waals surface area contributed by atoms with Crippen LogP contribution < -0.4 is 10.3 Å². The van der Waals surface area contributed by atoms with Crippen molar-refractivity contribution in [3.05, 3.63) is 82.5 Å². The SMILES string of the molecule is COc1ccccc1-c1nc(CSc2nc(-c3ccccc3)cc(=O)[nH]2)c(C)o1. The molecule has 0 radical (unpaired) electrons. The Hall–Kier alpha value is -3.32. The van der Waals surface area contributed by atoms with Crippen molar-refractivity contribution in [2.24, 2.45) is 0 Å². The van der Waals surface area contributed by atoms with Crippen molar-refractivity contribution >= 4 is 11.8 Å². The molecule has 0 aliphatic rings. The molecule has 6 nitrogen and oxygen atoms in total. The molecular weight excluding hydrogens is 386 g/mol. The fourth-order valence-electron chi connectivity index (χ4n) is 2.90. The van der Waals surface area contributed by atoms with Gasteiger partial charge in [0.25, 0.3) is 5.56 Å². The van der Waals surface area contributed by atoms with Gasteiger partial charge < -0.3 is 14.1 Å². The lowest BCUT2D eigenvalue weighted by Crippen LogP contribution is -2.08.